The average Bonchev–Trinajstić information content (AvgIpc) is 2.34. The van der Waals surface area contributed by atoms with E-state index in [9.17, 15) is 0 Å². The lowest BCUT2D eigenvalue weighted by atomic mass is 10.1. The van der Waals surface area contributed by atoms with E-state index in [-0.39, 0.29) is 0 Å². The number of halogens is 1. The number of hydrogen-bond donors (Lipinski definition) is 0. The van der Waals surface area contributed by atoms with E-state index in [2.05, 4.69) is 24.0 Å². The van der Waals surface area contributed by atoms with Gasteiger partial charge in [0, 0.05) is 6.42 Å². The molecule has 1 aromatic heterocycles. The largest absolute Gasteiger partial charge is 0.424 e. The van der Waals surface area contributed by atoms with Crippen LogP contribution in [0.2, 0.25) is 0 Å². The van der Waals surface area contributed by atoms with Crippen LogP contribution in [0, 0.1) is 5.92 Å². The summed E-state index contributed by atoms with van der Waals surface area (Å²) in [7, 11) is 0. The molecule has 0 aliphatic carbocycles. The fourth-order valence-corrected chi connectivity index (χ4v) is 0.882. The second-order valence-electron chi connectivity index (χ2n) is 2.82. The van der Waals surface area contributed by atoms with Crippen LogP contribution in [-0.4, -0.2) is 10.2 Å². The van der Waals surface area contributed by atoms with Gasteiger partial charge in [-0.2, -0.15) is 0 Å². The molecule has 0 atom stereocenters. The van der Waals surface area contributed by atoms with Crippen molar-refractivity contribution in [3.8, 4) is 0 Å². The van der Waals surface area contributed by atoms with Crippen LogP contribution in [0.4, 0.5) is 0 Å². The Morgan fingerprint density at radius 1 is 1.36 bits per heavy atom. The number of nitrogens with zero attached hydrogens (tertiary/aromatic N) is 2. The minimum Gasteiger partial charge on any atom is -0.424 e. The summed E-state index contributed by atoms with van der Waals surface area (Å²) in [6.07, 6.45) is 0.823. The quantitative estimate of drug-likeness (QED) is 0.658. The van der Waals surface area contributed by atoms with E-state index in [0.29, 0.717) is 23.6 Å². The second-order valence-corrected chi connectivity index (χ2v) is 3.09. The third-order valence-electron chi connectivity index (χ3n) is 1.21. The maximum atomic E-state index is 5.48. The molecule has 0 fully saturated rings. The van der Waals surface area contributed by atoms with Crippen molar-refractivity contribution in [1.29, 1.82) is 0 Å². The van der Waals surface area contributed by atoms with Gasteiger partial charge in [0.25, 0.3) is 0 Å². The zero-order valence-corrected chi connectivity index (χ0v) is 7.43. The van der Waals surface area contributed by atoms with Crippen molar-refractivity contribution in [3.05, 3.63) is 11.8 Å². The van der Waals surface area contributed by atoms with Gasteiger partial charge in [0.1, 0.15) is 5.88 Å². The third-order valence-corrected chi connectivity index (χ3v) is 1.43. The Bertz CT molecular complexity index is 222. The Morgan fingerprint density at radius 3 is 2.45 bits per heavy atom. The first-order chi connectivity index (χ1) is 5.22. The summed E-state index contributed by atoms with van der Waals surface area (Å²) in [5, 5.41) is 7.57. The zero-order chi connectivity index (χ0) is 8.27. The Kier molecular flexibility index (Phi) is 2.88. The van der Waals surface area contributed by atoms with Crippen LogP contribution < -0.4 is 0 Å². The maximum absolute atomic E-state index is 5.48. The minimum absolute atomic E-state index is 0.297. The Morgan fingerprint density at radius 2 is 2.00 bits per heavy atom. The molecule has 62 valence electrons. The molecule has 0 saturated carbocycles. The zero-order valence-electron chi connectivity index (χ0n) is 6.67. The number of hydrogen-bond acceptors (Lipinski definition) is 3. The van der Waals surface area contributed by atoms with Gasteiger partial charge in [0.15, 0.2) is 0 Å². The molecule has 1 heterocycles. The van der Waals surface area contributed by atoms with Crippen LogP contribution in [0.3, 0.4) is 0 Å². The Labute approximate surface area is 70.8 Å². The van der Waals surface area contributed by atoms with Gasteiger partial charge in [-0.3, -0.25) is 0 Å². The maximum Gasteiger partial charge on any atom is 0.231 e. The molecule has 0 N–H and O–H groups in total. The lowest BCUT2D eigenvalue weighted by Gasteiger charge is -1.96. The van der Waals surface area contributed by atoms with Crippen molar-refractivity contribution >= 4 is 11.6 Å². The second kappa shape index (κ2) is 3.72. The van der Waals surface area contributed by atoms with E-state index < -0.39 is 0 Å². The van der Waals surface area contributed by atoms with E-state index >= 15 is 0 Å². The van der Waals surface area contributed by atoms with Gasteiger partial charge in [-0.1, -0.05) is 13.8 Å². The predicted octanol–water partition coefficient (Wildman–Crippen LogP) is 2.01. The molecule has 1 aromatic rings. The van der Waals surface area contributed by atoms with Gasteiger partial charge in [-0.25, -0.2) is 0 Å². The topological polar surface area (TPSA) is 38.9 Å². The van der Waals surface area contributed by atoms with Crippen LogP contribution in [0.1, 0.15) is 25.6 Å². The van der Waals surface area contributed by atoms with Crippen molar-refractivity contribution in [1.82, 2.24) is 10.2 Å². The Balaban J connectivity index is 2.58. The van der Waals surface area contributed by atoms with E-state index in [1.807, 2.05) is 0 Å². The highest BCUT2D eigenvalue weighted by atomic mass is 35.5. The molecule has 1 rings (SSSR count). The molecule has 0 bridgehead atoms. The van der Waals surface area contributed by atoms with Crippen molar-refractivity contribution in [2.75, 3.05) is 0 Å². The molecule has 0 unspecified atom stereocenters. The van der Waals surface area contributed by atoms with Crippen LogP contribution in [-0.2, 0) is 12.3 Å². The number of rotatable bonds is 3. The molecule has 0 saturated heterocycles. The highest BCUT2D eigenvalue weighted by Crippen LogP contribution is 2.07. The average molecular weight is 175 g/mol. The van der Waals surface area contributed by atoms with Crippen molar-refractivity contribution < 1.29 is 4.42 Å². The van der Waals surface area contributed by atoms with Gasteiger partial charge in [-0.15, -0.1) is 21.8 Å². The first kappa shape index (κ1) is 8.53. The summed E-state index contributed by atoms with van der Waals surface area (Å²) >= 11 is 5.48. The lowest BCUT2D eigenvalue weighted by Crippen LogP contribution is -1.93. The molecule has 0 spiro atoms. The van der Waals surface area contributed by atoms with E-state index in [1.54, 1.807) is 0 Å². The first-order valence-electron chi connectivity index (χ1n) is 3.59. The summed E-state index contributed by atoms with van der Waals surface area (Å²) in [4.78, 5) is 0. The predicted molar refractivity (Wildman–Crippen MR) is 42.4 cm³/mol. The SMILES string of the molecule is CC(C)Cc1nnc(CCl)o1. The van der Waals surface area contributed by atoms with Gasteiger partial charge in [0.2, 0.25) is 11.8 Å². The van der Waals surface area contributed by atoms with Crippen molar-refractivity contribution in [2.24, 2.45) is 5.92 Å². The molecule has 0 aliphatic heterocycles. The molecular formula is C7H11ClN2O. The smallest absolute Gasteiger partial charge is 0.231 e. The van der Waals surface area contributed by atoms with Crippen LogP contribution >= 0.6 is 11.6 Å². The summed E-state index contributed by atoms with van der Waals surface area (Å²) in [5.74, 6) is 2.02. The first-order valence-corrected chi connectivity index (χ1v) is 4.13. The monoisotopic (exact) mass is 174 g/mol. The minimum atomic E-state index is 0.297. The van der Waals surface area contributed by atoms with Gasteiger partial charge < -0.3 is 4.42 Å². The molecule has 3 nitrogen and oxygen atoms in total. The normalized spacial score (nSPS) is 10.9. The van der Waals surface area contributed by atoms with Crippen LogP contribution in [0.15, 0.2) is 4.42 Å². The number of aromatic nitrogens is 2. The van der Waals surface area contributed by atoms with E-state index in [0.717, 1.165) is 6.42 Å². The summed E-state index contributed by atoms with van der Waals surface area (Å²) in [6.45, 7) is 4.20. The highest BCUT2D eigenvalue weighted by Gasteiger charge is 2.05. The summed E-state index contributed by atoms with van der Waals surface area (Å²) < 4.78 is 5.19. The van der Waals surface area contributed by atoms with Crippen LogP contribution in [0.25, 0.3) is 0 Å². The van der Waals surface area contributed by atoms with E-state index in [4.69, 9.17) is 16.0 Å². The molecule has 0 aliphatic rings. The molecule has 0 aromatic carbocycles. The van der Waals surface area contributed by atoms with E-state index in [1.165, 1.54) is 0 Å². The van der Waals surface area contributed by atoms with Gasteiger partial charge in [-0.05, 0) is 5.92 Å². The molecular weight excluding hydrogens is 164 g/mol. The summed E-state index contributed by atoms with van der Waals surface area (Å²) in [5.41, 5.74) is 0. The fourth-order valence-electron chi connectivity index (χ4n) is 0.774. The van der Waals surface area contributed by atoms with Crippen molar-refractivity contribution in [3.63, 3.8) is 0 Å². The lowest BCUT2D eigenvalue weighted by molar-refractivity contribution is 0.436. The summed E-state index contributed by atoms with van der Waals surface area (Å²) in [6, 6.07) is 0. The third kappa shape index (κ3) is 2.50. The molecule has 0 amide bonds. The fraction of sp³-hybridized carbons (Fsp3) is 0.714. The highest BCUT2D eigenvalue weighted by molar-refractivity contribution is 6.16. The van der Waals surface area contributed by atoms with Gasteiger partial charge >= 0.3 is 0 Å². The molecule has 0 radical (unpaired) electrons. The Hall–Kier alpha value is -0.570. The van der Waals surface area contributed by atoms with Crippen LogP contribution in [0.5, 0.6) is 0 Å². The standard InChI is InChI=1S/C7H11ClN2O/c1-5(2)3-6-9-10-7(4-8)11-6/h5H,3-4H2,1-2H3. The molecule has 11 heavy (non-hydrogen) atoms. The molecule has 4 heteroatoms. The van der Waals surface area contributed by atoms with Gasteiger partial charge in [0.05, 0.1) is 0 Å². The van der Waals surface area contributed by atoms with Crippen molar-refractivity contribution in [2.45, 2.75) is 26.1 Å². The number of alkyl halides is 1.